The molecule has 0 saturated carbocycles. The standard InChI is InChI=1S/C11H12N4O2S/c1-2-17-11(16)8-5-14-15(6-8)10-9(7-18)12-3-4-13-10/h3-6,18H,2,7H2,1H3. The van der Waals surface area contributed by atoms with E-state index in [0.29, 0.717) is 29.4 Å². The van der Waals surface area contributed by atoms with Crippen molar-refractivity contribution in [2.45, 2.75) is 12.7 Å². The second-order valence-electron chi connectivity index (χ2n) is 3.38. The normalized spacial score (nSPS) is 10.3. The van der Waals surface area contributed by atoms with E-state index >= 15 is 0 Å². The first-order valence-electron chi connectivity index (χ1n) is 5.39. The number of nitrogens with zero attached hydrogens (tertiary/aromatic N) is 4. The number of esters is 1. The van der Waals surface area contributed by atoms with Crippen molar-refractivity contribution in [2.24, 2.45) is 0 Å². The average Bonchev–Trinajstić information content (AvgIpc) is 2.88. The van der Waals surface area contributed by atoms with E-state index in [1.54, 1.807) is 25.5 Å². The van der Waals surface area contributed by atoms with Crippen molar-refractivity contribution in [1.29, 1.82) is 0 Å². The number of thiol groups is 1. The minimum atomic E-state index is -0.403. The van der Waals surface area contributed by atoms with Gasteiger partial charge in [0, 0.05) is 24.3 Å². The lowest BCUT2D eigenvalue weighted by Gasteiger charge is -2.03. The maximum absolute atomic E-state index is 11.5. The molecule has 2 aromatic heterocycles. The van der Waals surface area contributed by atoms with E-state index in [0.717, 1.165) is 0 Å². The average molecular weight is 264 g/mol. The smallest absolute Gasteiger partial charge is 0.341 e. The Morgan fingerprint density at radius 2 is 2.22 bits per heavy atom. The maximum Gasteiger partial charge on any atom is 0.341 e. The Bertz CT molecular complexity index is 555. The van der Waals surface area contributed by atoms with E-state index in [1.165, 1.54) is 10.9 Å². The molecule has 0 spiro atoms. The Labute approximate surface area is 109 Å². The minimum Gasteiger partial charge on any atom is -0.462 e. The largest absolute Gasteiger partial charge is 0.462 e. The quantitative estimate of drug-likeness (QED) is 0.665. The predicted molar refractivity (Wildman–Crippen MR) is 67.8 cm³/mol. The molecule has 0 aliphatic carbocycles. The van der Waals surface area contributed by atoms with Gasteiger partial charge in [0.15, 0.2) is 5.82 Å². The molecule has 0 atom stereocenters. The van der Waals surface area contributed by atoms with Gasteiger partial charge < -0.3 is 4.74 Å². The summed E-state index contributed by atoms with van der Waals surface area (Å²) in [5.41, 5.74) is 1.08. The zero-order valence-corrected chi connectivity index (χ0v) is 10.7. The van der Waals surface area contributed by atoms with Gasteiger partial charge in [0.25, 0.3) is 0 Å². The fourth-order valence-corrected chi connectivity index (χ4v) is 1.64. The lowest BCUT2D eigenvalue weighted by molar-refractivity contribution is 0.0526. The third-order valence-corrected chi connectivity index (χ3v) is 2.51. The molecule has 0 aliphatic heterocycles. The molecule has 0 saturated heterocycles. The number of hydrogen-bond donors (Lipinski definition) is 1. The first-order valence-corrected chi connectivity index (χ1v) is 6.02. The maximum atomic E-state index is 11.5. The fourth-order valence-electron chi connectivity index (χ4n) is 1.42. The summed E-state index contributed by atoms with van der Waals surface area (Å²) in [6.45, 7) is 2.08. The summed E-state index contributed by atoms with van der Waals surface area (Å²) in [6.07, 6.45) is 6.16. The third kappa shape index (κ3) is 2.51. The van der Waals surface area contributed by atoms with Crippen LogP contribution in [0.2, 0.25) is 0 Å². The van der Waals surface area contributed by atoms with Gasteiger partial charge in [-0.05, 0) is 6.92 Å². The second kappa shape index (κ2) is 5.63. The second-order valence-corrected chi connectivity index (χ2v) is 3.70. The van der Waals surface area contributed by atoms with Crippen LogP contribution in [0.4, 0.5) is 0 Å². The van der Waals surface area contributed by atoms with Gasteiger partial charge in [-0.3, -0.25) is 4.98 Å². The molecule has 7 heteroatoms. The molecule has 2 heterocycles. The highest BCUT2D eigenvalue weighted by Crippen LogP contribution is 2.11. The summed E-state index contributed by atoms with van der Waals surface area (Å²) in [6, 6.07) is 0. The van der Waals surface area contributed by atoms with Crippen molar-refractivity contribution in [1.82, 2.24) is 19.7 Å². The Kier molecular flexibility index (Phi) is 3.93. The van der Waals surface area contributed by atoms with E-state index in [-0.39, 0.29) is 0 Å². The number of aromatic nitrogens is 4. The molecule has 0 amide bonds. The molecule has 2 rings (SSSR count). The first-order chi connectivity index (χ1) is 8.76. The van der Waals surface area contributed by atoms with Crippen molar-refractivity contribution in [3.05, 3.63) is 36.0 Å². The van der Waals surface area contributed by atoms with Gasteiger partial charge in [0.2, 0.25) is 0 Å². The van der Waals surface area contributed by atoms with Crippen LogP contribution >= 0.6 is 12.6 Å². The number of carbonyl (C=O) groups is 1. The molecule has 0 aliphatic rings. The minimum absolute atomic E-state index is 0.330. The van der Waals surface area contributed by atoms with E-state index in [4.69, 9.17) is 4.74 Å². The molecule has 18 heavy (non-hydrogen) atoms. The Balaban J connectivity index is 2.32. The molecular weight excluding hydrogens is 252 g/mol. The highest BCUT2D eigenvalue weighted by Gasteiger charge is 2.12. The molecule has 6 nitrogen and oxygen atoms in total. The van der Waals surface area contributed by atoms with Gasteiger partial charge >= 0.3 is 5.97 Å². The molecule has 0 aromatic carbocycles. The van der Waals surface area contributed by atoms with Gasteiger partial charge in [-0.1, -0.05) is 0 Å². The molecule has 0 unspecified atom stereocenters. The van der Waals surface area contributed by atoms with Gasteiger partial charge in [-0.15, -0.1) is 0 Å². The van der Waals surface area contributed by atoms with Gasteiger partial charge in [0.1, 0.15) is 0 Å². The van der Waals surface area contributed by atoms with Crippen LogP contribution in [0.1, 0.15) is 23.0 Å². The first kappa shape index (κ1) is 12.6. The molecule has 0 N–H and O–H groups in total. The summed E-state index contributed by atoms with van der Waals surface area (Å²) >= 11 is 4.18. The van der Waals surface area contributed by atoms with E-state index in [2.05, 4.69) is 27.7 Å². The van der Waals surface area contributed by atoms with E-state index in [1.807, 2.05) is 0 Å². The zero-order valence-electron chi connectivity index (χ0n) is 9.78. The SMILES string of the molecule is CCOC(=O)c1cnn(-c2nccnc2CS)c1. The molecule has 0 fully saturated rings. The number of rotatable bonds is 4. The van der Waals surface area contributed by atoms with Crippen LogP contribution in [0.5, 0.6) is 0 Å². The summed E-state index contributed by atoms with van der Waals surface area (Å²) < 4.78 is 6.38. The summed E-state index contributed by atoms with van der Waals surface area (Å²) in [5, 5.41) is 4.08. The van der Waals surface area contributed by atoms with Crippen molar-refractivity contribution in [3.8, 4) is 5.82 Å². The van der Waals surface area contributed by atoms with Gasteiger partial charge in [0.05, 0.1) is 24.1 Å². The summed E-state index contributed by atoms with van der Waals surface area (Å²) in [4.78, 5) is 19.8. The number of hydrogen-bond acceptors (Lipinski definition) is 6. The lowest BCUT2D eigenvalue weighted by Crippen LogP contribution is -2.05. The number of ether oxygens (including phenoxy) is 1. The number of carbonyl (C=O) groups excluding carboxylic acids is 1. The van der Waals surface area contributed by atoms with Crippen LogP contribution in [0.25, 0.3) is 5.82 Å². The van der Waals surface area contributed by atoms with Gasteiger partial charge in [-0.25, -0.2) is 14.5 Å². The highest BCUT2D eigenvalue weighted by atomic mass is 32.1. The van der Waals surface area contributed by atoms with Crippen LogP contribution in [0, 0.1) is 0 Å². The van der Waals surface area contributed by atoms with Crippen LogP contribution < -0.4 is 0 Å². The van der Waals surface area contributed by atoms with Crippen LogP contribution in [0.3, 0.4) is 0 Å². The van der Waals surface area contributed by atoms with Gasteiger partial charge in [-0.2, -0.15) is 17.7 Å². The van der Waals surface area contributed by atoms with E-state index < -0.39 is 5.97 Å². The van der Waals surface area contributed by atoms with Crippen LogP contribution in [-0.2, 0) is 10.5 Å². The van der Waals surface area contributed by atoms with E-state index in [9.17, 15) is 4.79 Å². The lowest BCUT2D eigenvalue weighted by atomic mass is 10.4. The van der Waals surface area contributed by atoms with Crippen LogP contribution in [0.15, 0.2) is 24.8 Å². The van der Waals surface area contributed by atoms with Crippen LogP contribution in [-0.4, -0.2) is 32.3 Å². The summed E-state index contributed by atoms with van der Waals surface area (Å²) in [7, 11) is 0. The van der Waals surface area contributed by atoms with Crippen molar-refractivity contribution in [2.75, 3.05) is 6.61 Å². The van der Waals surface area contributed by atoms with Crippen molar-refractivity contribution in [3.63, 3.8) is 0 Å². The zero-order chi connectivity index (χ0) is 13.0. The Morgan fingerprint density at radius 3 is 2.94 bits per heavy atom. The molecule has 0 bridgehead atoms. The molecule has 94 valence electrons. The fraction of sp³-hybridized carbons (Fsp3) is 0.273. The topological polar surface area (TPSA) is 69.9 Å². The predicted octanol–water partition coefficient (Wildman–Crippen LogP) is 1.27. The molecule has 2 aromatic rings. The third-order valence-electron chi connectivity index (χ3n) is 2.21. The van der Waals surface area contributed by atoms with Crippen molar-refractivity contribution >= 4 is 18.6 Å². The molecular formula is C11H12N4O2S. The van der Waals surface area contributed by atoms with Crippen molar-refractivity contribution < 1.29 is 9.53 Å². The highest BCUT2D eigenvalue weighted by molar-refractivity contribution is 7.79. The molecule has 0 radical (unpaired) electrons. The monoisotopic (exact) mass is 264 g/mol. The Morgan fingerprint density at radius 1 is 1.44 bits per heavy atom. The Hall–Kier alpha value is -1.89. The summed E-state index contributed by atoms with van der Waals surface area (Å²) in [5.74, 6) is 0.598.